The van der Waals surface area contributed by atoms with Gasteiger partial charge in [-0.3, -0.25) is 9.59 Å². The van der Waals surface area contributed by atoms with E-state index in [-0.39, 0.29) is 12.5 Å². The molecule has 0 aliphatic carbocycles. The summed E-state index contributed by atoms with van der Waals surface area (Å²) in [6.45, 7) is 1.57. The van der Waals surface area contributed by atoms with Crippen molar-refractivity contribution in [3.8, 4) is 0 Å². The maximum atomic E-state index is 11.4. The second-order valence-corrected chi connectivity index (χ2v) is 4.27. The van der Waals surface area contributed by atoms with Crippen LogP contribution in [0.4, 0.5) is 0 Å². The van der Waals surface area contributed by atoms with E-state index < -0.39 is 5.97 Å². The van der Waals surface area contributed by atoms with Crippen LogP contribution in [0.15, 0.2) is 11.5 Å². The third kappa shape index (κ3) is 3.82. The van der Waals surface area contributed by atoms with E-state index >= 15 is 0 Å². The van der Waals surface area contributed by atoms with E-state index in [1.807, 2.05) is 12.3 Å². The van der Waals surface area contributed by atoms with Crippen molar-refractivity contribution < 1.29 is 14.7 Å². The van der Waals surface area contributed by atoms with Gasteiger partial charge < -0.3 is 10.0 Å². The molecule has 1 N–H and O–H groups in total. The van der Waals surface area contributed by atoms with Crippen LogP contribution < -0.4 is 0 Å². The van der Waals surface area contributed by atoms with Gasteiger partial charge in [0.15, 0.2) is 0 Å². The van der Waals surface area contributed by atoms with Crippen LogP contribution in [0.5, 0.6) is 0 Å². The highest BCUT2D eigenvalue weighted by Crippen LogP contribution is 2.09. The van der Waals surface area contributed by atoms with E-state index in [9.17, 15) is 9.59 Å². The molecule has 86 valence electrons. The number of carboxylic acids is 1. The van der Waals surface area contributed by atoms with Crippen molar-refractivity contribution in [3.05, 3.63) is 22.2 Å². The summed E-state index contributed by atoms with van der Waals surface area (Å²) < 4.78 is 0. The average molecular weight is 240 g/mol. The Kier molecular flexibility index (Phi) is 4.19. The maximum Gasteiger partial charge on any atom is 0.323 e. The zero-order valence-electron chi connectivity index (χ0n) is 9.01. The van der Waals surface area contributed by atoms with Crippen LogP contribution in [0.1, 0.15) is 10.7 Å². The van der Waals surface area contributed by atoms with Crippen molar-refractivity contribution in [3.63, 3.8) is 0 Å². The topological polar surface area (TPSA) is 70.5 Å². The van der Waals surface area contributed by atoms with Crippen LogP contribution in [-0.2, 0) is 9.59 Å². The highest BCUT2D eigenvalue weighted by molar-refractivity contribution is 7.09. The lowest BCUT2D eigenvalue weighted by atomic mass is 10.4. The van der Waals surface area contributed by atoms with Gasteiger partial charge in [-0.1, -0.05) is 0 Å². The van der Waals surface area contributed by atoms with Crippen molar-refractivity contribution in [1.82, 2.24) is 9.88 Å². The number of aliphatic carboxylic acids is 1. The molecule has 1 rings (SSSR count). The molecule has 0 saturated heterocycles. The molecule has 0 aliphatic rings. The predicted octanol–water partition coefficient (Wildman–Crippen LogP) is 1.01. The second-order valence-electron chi connectivity index (χ2n) is 3.21. The van der Waals surface area contributed by atoms with Gasteiger partial charge in [-0.25, -0.2) is 4.98 Å². The number of hydrogen-bond donors (Lipinski definition) is 1. The van der Waals surface area contributed by atoms with Gasteiger partial charge in [-0.05, 0) is 13.0 Å². The van der Waals surface area contributed by atoms with E-state index in [4.69, 9.17) is 5.11 Å². The molecular formula is C10H12N2O3S. The first kappa shape index (κ1) is 12.4. The molecule has 0 saturated carbocycles. The molecule has 1 heterocycles. The highest BCUT2D eigenvalue weighted by Gasteiger charge is 2.08. The number of rotatable bonds is 4. The Morgan fingerprint density at radius 1 is 1.62 bits per heavy atom. The molecule has 0 aromatic carbocycles. The number of carbonyl (C=O) groups excluding carboxylic acids is 1. The first-order valence-corrected chi connectivity index (χ1v) is 5.44. The molecule has 0 unspecified atom stereocenters. The fourth-order valence-electron chi connectivity index (χ4n) is 1.02. The monoisotopic (exact) mass is 240 g/mol. The summed E-state index contributed by atoms with van der Waals surface area (Å²) in [7, 11) is 1.44. The van der Waals surface area contributed by atoms with Gasteiger partial charge in [-0.2, -0.15) is 0 Å². The quantitative estimate of drug-likeness (QED) is 0.797. The van der Waals surface area contributed by atoms with Gasteiger partial charge in [-0.15, -0.1) is 11.3 Å². The third-order valence-electron chi connectivity index (χ3n) is 1.78. The Balaban J connectivity index is 2.57. The molecule has 5 nitrogen and oxygen atoms in total. The molecule has 0 bridgehead atoms. The molecule has 1 aromatic rings. The van der Waals surface area contributed by atoms with E-state index in [2.05, 4.69) is 4.98 Å². The van der Waals surface area contributed by atoms with Crippen molar-refractivity contribution in [2.24, 2.45) is 0 Å². The number of thiazole rings is 1. The number of amides is 1. The Morgan fingerprint density at radius 2 is 2.31 bits per heavy atom. The van der Waals surface area contributed by atoms with Crippen molar-refractivity contribution in [2.75, 3.05) is 13.6 Å². The fraction of sp³-hybridized carbons (Fsp3) is 0.300. The van der Waals surface area contributed by atoms with E-state index in [0.29, 0.717) is 5.69 Å². The number of aryl methyl sites for hydroxylation is 1. The Bertz CT molecular complexity index is 425. The second kappa shape index (κ2) is 5.41. The molecule has 16 heavy (non-hydrogen) atoms. The summed E-state index contributed by atoms with van der Waals surface area (Å²) in [5.74, 6) is -1.39. The molecular weight excluding hydrogens is 228 g/mol. The zero-order chi connectivity index (χ0) is 12.1. The minimum absolute atomic E-state index is 0.306. The van der Waals surface area contributed by atoms with Gasteiger partial charge in [0.05, 0.1) is 10.7 Å². The van der Waals surface area contributed by atoms with Crippen molar-refractivity contribution in [1.29, 1.82) is 0 Å². The average Bonchev–Trinajstić information content (AvgIpc) is 2.59. The van der Waals surface area contributed by atoms with Gasteiger partial charge in [0.1, 0.15) is 6.54 Å². The van der Waals surface area contributed by atoms with Crippen molar-refractivity contribution in [2.45, 2.75) is 6.92 Å². The summed E-state index contributed by atoms with van der Waals surface area (Å²) in [5, 5.41) is 11.2. The molecule has 1 amide bonds. The van der Waals surface area contributed by atoms with Gasteiger partial charge in [0, 0.05) is 18.5 Å². The summed E-state index contributed by atoms with van der Waals surface area (Å²) in [4.78, 5) is 27.0. The van der Waals surface area contributed by atoms with Crippen LogP contribution in [0.25, 0.3) is 6.08 Å². The SMILES string of the molecule is Cc1nc(/C=C/C(=O)N(C)CC(=O)O)cs1. The number of aromatic nitrogens is 1. The zero-order valence-corrected chi connectivity index (χ0v) is 9.82. The summed E-state index contributed by atoms with van der Waals surface area (Å²) in [6, 6.07) is 0. The first-order chi connectivity index (χ1) is 7.49. The molecule has 1 aromatic heterocycles. The van der Waals surface area contributed by atoms with Crippen LogP contribution >= 0.6 is 11.3 Å². The maximum absolute atomic E-state index is 11.4. The van der Waals surface area contributed by atoms with Crippen LogP contribution in [0, 0.1) is 6.92 Å². The lowest BCUT2D eigenvalue weighted by Gasteiger charge is -2.10. The van der Waals surface area contributed by atoms with E-state index in [0.717, 1.165) is 9.91 Å². The van der Waals surface area contributed by atoms with E-state index in [1.54, 1.807) is 6.08 Å². The number of likely N-dealkylation sites (N-methyl/N-ethyl adjacent to an activating group) is 1. The van der Waals surface area contributed by atoms with Crippen LogP contribution in [-0.4, -0.2) is 40.5 Å². The minimum Gasteiger partial charge on any atom is -0.480 e. The highest BCUT2D eigenvalue weighted by atomic mass is 32.1. The normalized spacial score (nSPS) is 10.6. The minimum atomic E-state index is -1.03. The van der Waals surface area contributed by atoms with Gasteiger partial charge in [0.2, 0.25) is 5.91 Å². The molecule has 0 radical (unpaired) electrons. The summed E-state index contributed by atoms with van der Waals surface area (Å²) >= 11 is 1.49. The number of carboxylic acid groups (broad SMARTS) is 1. The van der Waals surface area contributed by atoms with Crippen LogP contribution in [0.3, 0.4) is 0 Å². The molecule has 6 heteroatoms. The standard InChI is InChI=1S/C10H12N2O3S/c1-7-11-8(6-16-7)3-4-9(13)12(2)5-10(14)15/h3-4,6H,5H2,1-2H3,(H,14,15)/b4-3+. The Hall–Kier alpha value is -1.69. The summed E-state index contributed by atoms with van der Waals surface area (Å²) in [6.07, 6.45) is 2.89. The molecule has 0 spiro atoms. The van der Waals surface area contributed by atoms with Gasteiger partial charge in [0.25, 0.3) is 0 Å². The first-order valence-electron chi connectivity index (χ1n) is 4.56. The lowest BCUT2D eigenvalue weighted by Crippen LogP contribution is -2.30. The predicted molar refractivity (Wildman–Crippen MR) is 61.2 cm³/mol. The number of nitrogens with zero attached hydrogens (tertiary/aromatic N) is 2. The number of hydrogen-bond acceptors (Lipinski definition) is 4. The fourth-order valence-corrected chi connectivity index (χ4v) is 1.60. The lowest BCUT2D eigenvalue weighted by molar-refractivity contribution is -0.141. The molecule has 0 atom stereocenters. The largest absolute Gasteiger partial charge is 0.480 e. The Labute approximate surface area is 97.0 Å². The smallest absolute Gasteiger partial charge is 0.323 e. The Morgan fingerprint density at radius 3 is 2.81 bits per heavy atom. The van der Waals surface area contributed by atoms with Crippen molar-refractivity contribution >= 4 is 29.3 Å². The van der Waals surface area contributed by atoms with Gasteiger partial charge >= 0.3 is 5.97 Å². The summed E-state index contributed by atoms with van der Waals surface area (Å²) in [5.41, 5.74) is 0.708. The molecule has 0 aliphatic heterocycles. The van der Waals surface area contributed by atoms with Crippen LogP contribution in [0.2, 0.25) is 0 Å². The molecule has 0 fully saturated rings. The van der Waals surface area contributed by atoms with E-state index in [1.165, 1.54) is 24.5 Å². The number of carbonyl (C=O) groups is 2. The third-order valence-corrected chi connectivity index (χ3v) is 2.57.